The summed E-state index contributed by atoms with van der Waals surface area (Å²) in [6.07, 6.45) is 4.05. The van der Waals surface area contributed by atoms with E-state index in [9.17, 15) is 0 Å². The minimum atomic E-state index is 0.0349. The summed E-state index contributed by atoms with van der Waals surface area (Å²) in [6, 6.07) is 56.3. The number of fused-ring (bicyclic) bond motifs is 2. The summed E-state index contributed by atoms with van der Waals surface area (Å²) in [5.41, 5.74) is 12.9. The molecule has 1 atom stereocenters. The smallest absolute Gasteiger partial charge is 0.0561 e. The number of rotatable bonds is 7. The van der Waals surface area contributed by atoms with Gasteiger partial charge in [0.2, 0.25) is 0 Å². The summed E-state index contributed by atoms with van der Waals surface area (Å²) in [7, 11) is 0. The standard InChI is InChI=1S/C50H44N4O.Pt/c1-35-25-26-38-27-28-42(33-47(38)54(35)48-31-39(29-30-51-48)50(2,3)4)55-41-20-13-19-40(32-41)52-34-53(46-24-12-11-23-45(46)52)49-43(36-15-7-5-8-16-36)21-14-22-44(49)37-17-9-6-10-18-37;/h5-24,27-33,35H,25-26H2,1-4H3;. The molecule has 0 saturated heterocycles. The van der Waals surface area contributed by atoms with Crippen molar-refractivity contribution < 1.29 is 24.1 Å². The van der Waals surface area contributed by atoms with Gasteiger partial charge in [0, 0.05) is 6.20 Å². The molecule has 6 heteroatoms. The van der Waals surface area contributed by atoms with Crippen LogP contribution in [0.5, 0.6) is 11.5 Å². The number of aryl methyl sites for hydroxylation is 1. The van der Waals surface area contributed by atoms with Gasteiger partial charge in [0.15, 0.2) is 0 Å². The molecule has 9 rings (SSSR count). The first kappa shape index (κ1) is 35.9. The first-order valence-electron chi connectivity index (χ1n) is 19.3. The molecule has 56 heavy (non-hydrogen) atoms. The van der Waals surface area contributed by atoms with Crippen LogP contribution in [0.3, 0.4) is 0 Å². The van der Waals surface area contributed by atoms with Crippen LogP contribution in [0.15, 0.2) is 164 Å². The van der Waals surface area contributed by atoms with E-state index in [1.807, 2.05) is 12.3 Å². The molecule has 0 amide bonds. The Bertz CT molecular complexity index is 2700. The Kier molecular flexibility index (Phi) is 9.43. The fraction of sp³-hybridized carbons (Fsp3) is 0.160. The number of benzene rings is 6. The van der Waals surface area contributed by atoms with E-state index in [1.54, 1.807) is 0 Å². The number of hydrogen-bond donors (Lipinski definition) is 0. The minimum absolute atomic E-state index is 0.0349. The van der Waals surface area contributed by atoms with E-state index in [-0.39, 0.29) is 5.41 Å². The number of anilines is 2. The third kappa shape index (κ3) is 6.65. The quantitative estimate of drug-likeness (QED) is 0.160. The molecule has 5 nitrogen and oxygen atoms in total. The first-order chi connectivity index (χ1) is 27.2. The second-order valence-corrected chi connectivity index (χ2v) is 16.7. The fourth-order valence-corrected chi connectivity index (χ4v) is 9.11. The Labute approximate surface area is 339 Å². The molecule has 8 aromatic rings. The van der Waals surface area contributed by atoms with Gasteiger partial charge in [-0.25, -0.2) is 0 Å². The molecule has 0 fully saturated rings. The average molecular weight is 912 g/mol. The topological polar surface area (TPSA) is 35.2 Å². The van der Waals surface area contributed by atoms with Gasteiger partial charge in [0.1, 0.15) is 0 Å². The van der Waals surface area contributed by atoms with Crippen molar-refractivity contribution in [1.82, 2.24) is 14.1 Å². The minimum Gasteiger partial charge on any atom is -0.0561 e. The van der Waals surface area contributed by atoms with Crippen molar-refractivity contribution in [3.63, 3.8) is 0 Å². The number of nitrogens with zero attached hydrogens (tertiary/aromatic N) is 4. The summed E-state index contributed by atoms with van der Waals surface area (Å²) in [4.78, 5) is 7.26. The van der Waals surface area contributed by atoms with E-state index in [1.165, 1.54) is 33.4 Å². The van der Waals surface area contributed by atoms with Gasteiger partial charge in [0.25, 0.3) is 0 Å². The maximum atomic E-state index is 6.73. The second kappa shape index (κ2) is 14.7. The van der Waals surface area contributed by atoms with Crippen LogP contribution in [0.25, 0.3) is 44.7 Å². The number of pyridine rings is 1. The van der Waals surface area contributed by atoms with Crippen LogP contribution in [0.2, 0.25) is 0 Å². The zero-order valence-electron chi connectivity index (χ0n) is 32.1. The van der Waals surface area contributed by atoms with E-state index in [0.717, 1.165) is 62.1 Å². The van der Waals surface area contributed by atoms with Crippen molar-refractivity contribution in [3.8, 4) is 45.1 Å². The maximum absolute atomic E-state index is 6.73. The number of imidazole rings is 1. The van der Waals surface area contributed by atoms with Crippen molar-refractivity contribution in [2.75, 3.05) is 4.90 Å². The number of para-hydroxylation sites is 3. The molecule has 0 bridgehead atoms. The molecule has 1 unspecified atom stereocenters. The third-order valence-electron chi connectivity index (χ3n) is 10.9. The number of ether oxygens (including phenoxy) is 1. The summed E-state index contributed by atoms with van der Waals surface area (Å²) >= 11 is 2.50. The van der Waals surface area contributed by atoms with Crippen molar-refractivity contribution in [1.29, 1.82) is 0 Å². The van der Waals surface area contributed by atoms with Crippen LogP contribution in [-0.2, 0) is 31.2 Å². The van der Waals surface area contributed by atoms with Crippen LogP contribution < -0.4 is 9.64 Å². The Morgan fingerprint density at radius 2 is 1.27 bits per heavy atom. The molecule has 0 saturated carbocycles. The molecule has 0 N–H and O–H groups in total. The SMILES string of the molecule is CC1CCc2ccc(Oc3cccc(-n4[c](=[Pt])n(-c5c(-c6ccccc6)cccc5-c5ccccc5)c5ccccc54)c3)cc2N1c1cc(C(C)(C)C)ccn1. The van der Waals surface area contributed by atoms with Crippen molar-refractivity contribution in [2.24, 2.45) is 0 Å². The van der Waals surface area contributed by atoms with E-state index >= 15 is 0 Å². The van der Waals surface area contributed by atoms with Crippen molar-refractivity contribution in [3.05, 3.63) is 179 Å². The van der Waals surface area contributed by atoms with Crippen molar-refractivity contribution >= 4 is 22.5 Å². The second-order valence-electron chi connectivity index (χ2n) is 15.6. The molecule has 2 aromatic heterocycles. The van der Waals surface area contributed by atoms with E-state index < -0.39 is 0 Å². The van der Waals surface area contributed by atoms with Crippen LogP contribution in [0.4, 0.5) is 11.5 Å². The number of hydrogen-bond acceptors (Lipinski definition) is 3. The summed E-state index contributed by atoms with van der Waals surface area (Å²) in [5, 5.41) is 0. The molecule has 0 aliphatic carbocycles. The molecule has 0 radical (unpaired) electrons. The molecule has 6 aromatic carbocycles. The first-order valence-corrected chi connectivity index (χ1v) is 20.5. The molecular formula is C50H44N4OPt. The molecule has 0 spiro atoms. The zero-order valence-corrected chi connectivity index (χ0v) is 34.4. The van der Waals surface area contributed by atoms with Gasteiger partial charge in [-0.2, -0.15) is 0 Å². The third-order valence-corrected chi connectivity index (χ3v) is 11.9. The van der Waals surface area contributed by atoms with Gasteiger partial charge in [-0.05, 0) is 17.0 Å². The zero-order chi connectivity index (χ0) is 38.4. The normalized spacial score (nSPS) is 14.2. The predicted molar refractivity (Wildman–Crippen MR) is 226 cm³/mol. The monoisotopic (exact) mass is 911 g/mol. The van der Waals surface area contributed by atoms with E-state index in [0.29, 0.717) is 6.04 Å². The van der Waals surface area contributed by atoms with E-state index in [2.05, 4.69) is 213 Å². The Morgan fingerprint density at radius 1 is 0.643 bits per heavy atom. The van der Waals surface area contributed by atoms with Crippen LogP contribution in [0.1, 0.15) is 45.2 Å². The molecular weight excluding hydrogens is 868 g/mol. The number of aromatic nitrogens is 3. The Balaban J connectivity index is 1.14. The van der Waals surface area contributed by atoms with Gasteiger partial charge in [-0.3, -0.25) is 0 Å². The van der Waals surface area contributed by atoms with E-state index in [4.69, 9.17) is 9.72 Å². The van der Waals surface area contributed by atoms with Gasteiger partial charge in [0.05, 0.1) is 0 Å². The summed E-state index contributed by atoms with van der Waals surface area (Å²) in [6.45, 7) is 9.05. The van der Waals surface area contributed by atoms with Gasteiger partial charge in [-0.15, -0.1) is 0 Å². The molecule has 3 heterocycles. The molecule has 1 aliphatic rings. The predicted octanol–water partition coefficient (Wildman–Crippen LogP) is 12.8. The summed E-state index contributed by atoms with van der Waals surface area (Å²) < 4.78 is 12.5. The Hall–Kier alpha value is -5.77. The van der Waals surface area contributed by atoms with Gasteiger partial charge >= 0.3 is 298 Å². The van der Waals surface area contributed by atoms with Gasteiger partial charge in [-0.1, -0.05) is 20.8 Å². The molecule has 280 valence electrons. The Morgan fingerprint density at radius 3 is 1.95 bits per heavy atom. The van der Waals surface area contributed by atoms with Crippen molar-refractivity contribution in [2.45, 2.75) is 52.0 Å². The van der Waals surface area contributed by atoms with Crippen LogP contribution in [0, 0.1) is 3.80 Å². The fourth-order valence-electron chi connectivity index (χ4n) is 8.02. The summed E-state index contributed by atoms with van der Waals surface area (Å²) in [5.74, 6) is 2.57. The average Bonchev–Trinajstić information content (AvgIpc) is 3.52. The molecule has 1 aliphatic heterocycles. The van der Waals surface area contributed by atoms with Gasteiger partial charge < -0.3 is 0 Å². The van der Waals surface area contributed by atoms with Crippen LogP contribution in [-0.4, -0.2) is 20.2 Å². The van der Waals surface area contributed by atoms with Crippen LogP contribution >= 0.6 is 0 Å².